The molecule has 0 unspecified atom stereocenters. The number of nitrogens with one attached hydrogen (secondary N) is 3. The predicted molar refractivity (Wildman–Crippen MR) is 83.4 cm³/mol. The summed E-state index contributed by atoms with van der Waals surface area (Å²) in [6, 6.07) is 3.61. The Hall–Kier alpha value is -2.35. The summed E-state index contributed by atoms with van der Waals surface area (Å²) in [5, 5.41) is 13.3. The molecule has 0 aromatic carbocycles. The van der Waals surface area contributed by atoms with Crippen molar-refractivity contribution in [3.05, 3.63) is 24.2 Å². The van der Waals surface area contributed by atoms with Crippen molar-refractivity contribution in [2.45, 2.75) is 26.0 Å². The maximum absolute atomic E-state index is 5.36. The number of hydrogen-bond donors (Lipinski definition) is 3. The van der Waals surface area contributed by atoms with E-state index in [9.17, 15) is 0 Å². The number of ether oxygens (including phenoxy) is 1. The third-order valence-corrected chi connectivity index (χ3v) is 3.15. The lowest BCUT2D eigenvalue weighted by atomic mass is 10.1. The van der Waals surface area contributed by atoms with Gasteiger partial charge in [0, 0.05) is 20.7 Å². The number of aromatic amines is 1. The third-order valence-electron chi connectivity index (χ3n) is 3.15. The van der Waals surface area contributed by atoms with E-state index in [4.69, 9.17) is 9.15 Å². The molecule has 3 N–H and O–H groups in total. The number of rotatable bonds is 6. The van der Waals surface area contributed by atoms with Crippen LogP contribution in [0.15, 0.2) is 27.8 Å². The van der Waals surface area contributed by atoms with Crippen LogP contribution in [0.4, 0.5) is 0 Å². The zero-order valence-electron chi connectivity index (χ0n) is 13.3. The van der Waals surface area contributed by atoms with Crippen LogP contribution in [0.1, 0.15) is 19.7 Å². The largest absolute Gasteiger partial charge is 0.461 e. The first-order valence-corrected chi connectivity index (χ1v) is 6.99. The Balaban J connectivity index is 1.86. The van der Waals surface area contributed by atoms with Crippen molar-refractivity contribution in [2.75, 3.05) is 20.7 Å². The van der Waals surface area contributed by atoms with Gasteiger partial charge in [0.2, 0.25) is 5.82 Å². The smallest absolute Gasteiger partial charge is 0.216 e. The number of H-pyrrole nitrogens is 1. The molecule has 2 aromatic heterocycles. The topological polar surface area (TPSA) is 100 Å². The van der Waals surface area contributed by atoms with Gasteiger partial charge >= 0.3 is 0 Å². The van der Waals surface area contributed by atoms with Crippen LogP contribution in [0.5, 0.6) is 0 Å². The minimum atomic E-state index is -0.268. The first-order chi connectivity index (χ1) is 10.5. The monoisotopic (exact) mass is 306 g/mol. The molecule has 0 aliphatic rings. The van der Waals surface area contributed by atoms with Crippen LogP contribution in [0.3, 0.4) is 0 Å². The molecule has 0 bridgehead atoms. The van der Waals surface area contributed by atoms with Gasteiger partial charge in [-0.3, -0.25) is 10.1 Å². The van der Waals surface area contributed by atoms with Crippen LogP contribution in [0, 0.1) is 0 Å². The number of furan rings is 1. The minimum Gasteiger partial charge on any atom is -0.461 e. The number of aromatic nitrogens is 3. The summed E-state index contributed by atoms with van der Waals surface area (Å²) in [4.78, 5) is 8.51. The molecule has 120 valence electrons. The van der Waals surface area contributed by atoms with Crippen LogP contribution in [0.25, 0.3) is 11.6 Å². The average molecular weight is 306 g/mol. The predicted octanol–water partition coefficient (Wildman–Crippen LogP) is 1.15. The van der Waals surface area contributed by atoms with Crippen LogP contribution >= 0.6 is 0 Å². The van der Waals surface area contributed by atoms with E-state index >= 15 is 0 Å². The number of aliphatic imine (C=N–C) groups is 1. The first kappa shape index (κ1) is 16.0. The summed E-state index contributed by atoms with van der Waals surface area (Å²) in [6.45, 7) is 5.11. The van der Waals surface area contributed by atoms with E-state index in [0.717, 1.165) is 0 Å². The highest BCUT2D eigenvalue weighted by Crippen LogP contribution is 2.14. The van der Waals surface area contributed by atoms with Crippen molar-refractivity contribution < 1.29 is 9.15 Å². The summed E-state index contributed by atoms with van der Waals surface area (Å²) in [7, 11) is 3.40. The second-order valence-electron chi connectivity index (χ2n) is 5.33. The van der Waals surface area contributed by atoms with Gasteiger partial charge < -0.3 is 19.8 Å². The third kappa shape index (κ3) is 4.32. The molecule has 0 atom stereocenters. The molecule has 22 heavy (non-hydrogen) atoms. The molecule has 2 rings (SSSR count). The van der Waals surface area contributed by atoms with Gasteiger partial charge in [0.25, 0.3) is 0 Å². The second-order valence-corrected chi connectivity index (χ2v) is 5.33. The molecule has 0 spiro atoms. The summed E-state index contributed by atoms with van der Waals surface area (Å²) < 4.78 is 10.6. The lowest BCUT2D eigenvalue weighted by Crippen LogP contribution is -2.45. The van der Waals surface area contributed by atoms with Crippen molar-refractivity contribution in [1.82, 2.24) is 25.8 Å². The Bertz CT molecular complexity index is 603. The van der Waals surface area contributed by atoms with E-state index in [0.29, 0.717) is 36.5 Å². The van der Waals surface area contributed by atoms with Crippen molar-refractivity contribution in [3.8, 4) is 11.6 Å². The Labute approximate surface area is 129 Å². The molecule has 8 nitrogen and oxygen atoms in total. The van der Waals surface area contributed by atoms with Gasteiger partial charge in [-0.25, -0.2) is 4.98 Å². The molecule has 0 amide bonds. The number of methoxy groups -OCH3 is 1. The fourth-order valence-electron chi connectivity index (χ4n) is 1.65. The molecular weight excluding hydrogens is 284 g/mol. The van der Waals surface area contributed by atoms with Gasteiger partial charge in [0.05, 0.1) is 18.4 Å². The van der Waals surface area contributed by atoms with Crippen LogP contribution in [0.2, 0.25) is 0 Å². The fourth-order valence-corrected chi connectivity index (χ4v) is 1.65. The highest BCUT2D eigenvalue weighted by Gasteiger charge is 2.16. The van der Waals surface area contributed by atoms with Gasteiger partial charge in [-0.2, -0.15) is 0 Å². The van der Waals surface area contributed by atoms with Crippen molar-refractivity contribution in [2.24, 2.45) is 4.99 Å². The molecule has 2 aromatic rings. The summed E-state index contributed by atoms with van der Waals surface area (Å²) in [6.07, 6.45) is 1.59. The Morgan fingerprint density at radius 3 is 2.91 bits per heavy atom. The van der Waals surface area contributed by atoms with E-state index in [-0.39, 0.29) is 5.60 Å². The molecule has 0 saturated carbocycles. The quantitative estimate of drug-likeness (QED) is 0.547. The number of hydrogen-bond acceptors (Lipinski definition) is 5. The summed E-state index contributed by atoms with van der Waals surface area (Å²) in [5.74, 6) is 2.53. The van der Waals surface area contributed by atoms with E-state index < -0.39 is 0 Å². The van der Waals surface area contributed by atoms with Crippen molar-refractivity contribution in [1.29, 1.82) is 0 Å². The normalized spacial score (nSPS) is 12.5. The second kappa shape index (κ2) is 7.08. The molecule has 0 saturated heterocycles. The van der Waals surface area contributed by atoms with E-state index in [1.54, 1.807) is 26.5 Å². The maximum Gasteiger partial charge on any atom is 0.216 e. The van der Waals surface area contributed by atoms with E-state index in [1.807, 2.05) is 19.9 Å². The van der Waals surface area contributed by atoms with Gasteiger partial charge in [0.15, 0.2) is 11.7 Å². The van der Waals surface area contributed by atoms with Gasteiger partial charge in [-0.15, -0.1) is 5.10 Å². The average Bonchev–Trinajstić information content (AvgIpc) is 3.18. The lowest BCUT2D eigenvalue weighted by molar-refractivity contribution is 0.0268. The van der Waals surface area contributed by atoms with Gasteiger partial charge in [-0.05, 0) is 26.0 Å². The molecule has 0 radical (unpaired) electrons. The van der Waals surface area contributed by atoms with Crippen molar-refractivity contribution >= 4 is 5.96 Å². The van der Waals surface area contributed by atoms with Crippen LogP contribution in [-0.4, -0.2) is 47.4 Å². The SMILES string of the molecule is CN=C(NCc1nc(-c2ccco2)n[nH]1)NCC(C)(C)OC. The highest BCUT2D eigenvalue weighted by molar-refractivity contribution is 5.79. The molecule has 0 fully saturated rings. The molecule has 8 heteroatoms. The molecular formula is C14H22N6O2. The summed E-state index contributed by atoms with van der Waals surface area (Å²) in [5.41, 5.74) is -0.268. The fraction of sp³-hybridized carbons (Fsp3) is 0.500. The van der Waals surface area contributed by atoms with Crippen LogP contribution < -0.4 is 10.6 Å². The lowest BCUT2D eigenvalue weighted by Gasteiger charge is -2.24. The minimum absolute atomic E-state index is 0.268. The molecule has 0 aliphatic carbocycles. The van der Waals surface area contributed by atoms with Gasteiger partial charge in [-0.1, -0.05) is 0 Å². The van der Waals surface area contributed by atoms with Gasteiger partial charge in [0.1, 0.15) is 5.82 Å². The van der Waals surface area contributed by atoms with E-state index in [1.165, 1.54) is 0 Å². The molecule has 2 heterocycles. The van der Waals surface area contributed by atoms with E-state index in [2.05, 4.69) is 30.8 Å². The zero-order chi connectivity index (χ0) is 16.0. The molecule has 0 aliphatic heterocycles. The van der Waals surface area contributed by atoms with Crippen LogP contribution in [-0.2, 0) is 11.3 Å². The summed E-state index contributed by atoms with van der Waals surface area (Å²) >= 11 is 0. The Kier molecular flexibility index (Phi) is 5.16. The highest BCUT2D eigenvalue weighted by atomic mass is 16.5. The Morgan fingerprint density at radius 2 is 2.27 bits per heavy atom. The Morgan fingerprint density at radius 1 is 1.45 bits per heavy atom. The number of nitrogens with zero attached hydrogens (tertiary/aromatic N) is 3. The van der Waals surface area contributed by atoms with Crippen molar-refractivity contribution in [3.63, 3.8) is 0 Å². The maximum atomic E-state index is 5.36. The number of guanidine groups is 1. The standard InChI is InChI=1S/C14H22N6O2/c1-14(2,21-4)9-17-13(15-3)16-8-11-18-12(20-19-11)10-6-5-7-22-10/h5-7H,8-9H2,1-4H3,(H2,15,16,17)(H,18,19,20). The zero-order valence-corrected chi connectivity index (χ0v) is 13.3. The first-order valence-electron chi connectivity index (χ1n) is 6.99.